The molecule has 0 aliphatic carbocycles. The molecule has 0 fully saturated rings. The van der Waals surface area contributed by atoms with E-state index in [0.717, 1.165) is 16.9 Å². The molecule has 0 radical (unpaired) electrons. The molecule has 2 aromatic carbocycles. The first-order valence-electron chi connectivity index (χ1n) is 6.51. The molecule has 0 amide bonds. The average molecular weight is 266 g/mol. The Morgan fingerprint density at radius 2 is 1.80 bits per heavy atom. The summed E-state index contributed by atoms with van der Waals surface area (Å²) in [6, 6.07) is 13.9. The number of aliphatic hydroxyl groups is 1. The number of benzene rings is 2. The van der Waals surface area contributed by atoms with Crippen molar-refractivity contribution < 1.29 is 5.11 Å². The fourth-order valence-corrected chi connectivity index (χ4v) is 2.38. The molecule has 0 aromatic heterocycles. The van der Waals surface area contributed by atoms with Crippen LogP contribution in [-0.4, -0.2) is 12.2 Å². The minimum absolute atomic E-state index is 0.0533. The zero-order chi connectivity index (χ0) is 14.7. The second-order valence-corrected chi connectivity index (χ2v) is 4.97. The van der Waals surface area contributed by atoms with Crippen LogP contribution >= 0.6 is 0 Å². The van der Waals surface area contributed by atoms with Crippen LogP contribution in [0, 0.1) is 25.2 Å². The number of nitriles is 1. The molecule has 20 heavy (non-hydrogen) atoms. The summed E-state index contributed by atoms with van der Waals surface area (Å²) in [5.74, 6) is 0. The molecular weight excluding hydrogens is 248 g/mol. The molecule has 0 saturated carbocycles. The summed E-state index contributed by atoms with van der Waals surface area (Å²) in [5, 5.41) is 18.4. The van der Waals surface area contributed by atoms with Gasteiger partial charge in [0.2, 0.25) is 0 Å². The Morgan fingerprint density at radius 3 is 2.40 bits per heavy atom. The molecular formula is C17H18N2O. The van der Waals surface area contributed by atoms with Gasteiger partial charge in [-0.25, -0.2) is 0 Å². The van der Waals surface area contributed by atoms with Gasteiger partial charge in [0, 0.05) is 12.7 Å². The number of aryl methyl sites for hydroxylation is 2. The monoisotopic (exact) mass is 266 g/mol. The second-order valence-electron chi connectivity index (χ2n) is 4.97. The zero-order valence-electron chi connectivity index (χ0n) is 12.0. The quantitative estimate of drug-likeness (QED) is 0.925. The van der Waals surface area contributed by atoms with Crippen LogP contribution in [0.5, 0.6) is 0 Å². The van der Waals surface area contributed by atoms with Crippen molar-refractivity contribution in [2.45, 2.75) is 20.5 Å². The van der Waals surface area contributed by atoms with E-state index in [-0.39, 0.29) is 6.61 Å². The van der Waals surface area contributed by atoms with E-state index in [0.29, 0.717) is 5.56 Å². The minimum atomic E-state index is -0.0533. The fourth-order valence-electron chi connectivity index (χ4n) is 2.38. The first kappa shape index (κ1) is 14.1. The lowest BCUT2D eigenvalue weighted by Crippen LogP contribution is -2.12. The standard InChI is InChI=1S/C17H18N2O/c1-12-4-6-16(13(2)8-12)19(3)17-7-5-14(11-20)9-15(17)10-18/h4-9,20H,11H2,1-3H3. The molecule has 2 aromatic rings. The van der Waals surface area contributed by atoms with E-state index >= 15 is 0 Å². The summed E-state index contributed by atoms with van der Waals surface area (Å²) in [5.41, 5.74) is 5.62. The van der Waals surface area contributed by atoms with Crippen molar-refractivity contribution in [3.8, 4) is 6.07 Å². The molecule has 1 N–H and O–H groups in total. The van der Waals surface area contributed by atoms with Crippen molar-refractivity contribution in [2.24, 2.45) is 0 Å². The van der Waals surface area contributed by atoms with Crippen LogP contribution in [0.1, 0.15) is 22.3 Å². The summed E-state index contributed by atoms with van der Waals surface area (Å²) in [6.45, 7) is 4.07. The van der Waals surface area contributed by atoms with Crippen molar-refractivity contribution in [2.75, 3.05) is 11.9 Å². The number of hydrogen-bond acceptors (Lipinski definition) is 3. The SMILES string of the molecule is Cc1ccc(N(C)c2ccc(CO)cc2C#N)c(C)c1. The molecule has 0 heterocycles. The number of anilines is 2. The Morgan fingerprint density at radius 1 is 1.10 bits per heavy atom. The van der Waals surface area contributed by atoms with E-state index in [1.165, 1.54) is 11.1 Å². The lowest BCUT2D eigenvalue weighted by atomic mass is 10.1. The van der Waals surface area contributed by atoms with Gasteiger partial charge in [-0.2, -0.15) is 5.26 Å². The highest BCUT2D eigenvalue weighted by Crippen LogP contribution is 2.30. The Balaban J connectivity index is 2.48. The van der Waals surface area contributed by atoms with Crippen LogP contribution in [0.4, 0.5) is 11.4 Å². The Bertz CT molecular complexity index is 671. The minimum Gasteiger partial charge on any atom is -0.392 e. The molecule has 0 unspecified atom stereocenters. The van der Waals surface area contributed by atoms with Gasteiger partial charge >= 0.3 is 0 Å². The maximum atomic E-state index is 9.29. The third-order valence-electron chi connectivity index (χ3n) is 3.44. The van der Waals surface area contributed by atoms with E-state index in [4.69, 9.17) is 5.11 Å². The first-order valence-corrected chi connectivity index (χ1v) is 6.51. The van der Waals surface area contributed by atoms with E-state index in [1.54, 1.807) is 6.07 Å². The van der Waals surface area contributed by atoms with Gasteiger partial charge in [-0.05, 0) is 43.2 Å². The van der Waals surface area contributed by atoms with E-state index in [9.17, 15) is 5.26 Å². The second kappa shape index (κ2) is 5.77. The van der Waals surface area contributed by atoms with Crippen molar-refractivity contribution in [1.29, 1.82) is 5.26 Å². The summed E-state index contributed by atoms with van der Waals surface area (Å²) < 4.78 is 0. The molecule has 0 bridgehead atoms. The average Bonchev–Trinajstić information content (AvgIpc) is 2.46. The molecule has 3 heteroatoms. The third kappa shape index (κ3) is 2.66. The topological polar surface area (TPSA) is 47.3 Å². The van der Waals surface area contributed by atoms with Gasteiger partial charge < -0.3 is 10.0 Å². The molecule has 0 spiro atoms. The summed E-state index contributed by atoms with van der Waals surface area (Å²) >= 11 is 0. The van der Waals surface area contributed by atoms with E-state index in [1.807, 2.05) is 24.1 Å². The van der Waals surface area contributed by atoms with E-state index < -0.39 is 0 Å². The van der Waals surface area contributed by atoms with Crippen LogP contribution in [0.25, 0.3) is 0 Å². The van der Waals surface area contributed by atoms with Crippen LogP contribution in [0.2, 0.25) is 0 Å². The third-order valence-corrected chi connectivity index (χ3v) is 3.44. The molecule has 0 saturated heterocycles. The molecule has 0 aliphatic rings. The molecule has 102 valence electrons. The molecule has 3 nitrogen and oxygen atoms in total. The highest BCUT2D eigenvalue weighted by Gasteiger charge is 2.12. The fraction of sp³-hybridized carbons (Fsp3) is 0.235. The van der Waals surface area contributed by atoms with Crippen molar-refractivity contribution in [1.82, 2.24) is 0 Å². The van der Waals surface area contributed by atoms with Gasteiger partial charge in [0.05, 0.1) is 17.9 Å². The smallest absolute Gasteiger partial charge is 0.101 e. The van der Waals surface area contributed by atoms with Gasteiger partial charge in [0.1, 0.15) is 6.07 Å². The van der Waals surface area contributed by atoms with Gasteiger partial charge in [0.15, 0.2) is 0 Å². The predicted molar refractivity (Wildman–Crippen MR) is 81.1 cm³/mol. The number of rotatable bonds is 3. The lowest BCUT2D eigenvalue weighted by Gasteiger charge is -2.23. The summed E-state index contributed by atoms with van der Waals surface area (Å²) in [7, 11) is 1.95. The number of aliphatic hydroxyl groups excluding tert-OH is 1. The Labute approximate surface area is 119 Å². The number of hydrogen-bond donors (Lipinski definition) is 1. The van der Waals surface area contributed by atoms with Crippen molar-refractivity contribution >= 4 is 11.4 Å². The lowest BCUT2D eigenvalue weighted by molar-refractivity contribution is 0.282. The summed E-state index contributed by atoms with van der Waals surface area (Å²) in [4.78, 5) is 2.01. The van der Waals surface area contributed by atoms with Crippen LogP contribution in [-0.2, 0) is 6.61 Å². The van der Waals surface area contributed by atoms with Crippen LogP contribution in [0.15, 0.2) is 36.4 Å². The highest BCUT2D eigenvalue weighted by molar-refractivity contribution is 5.71. The molecule has 0 atom stereocenters. The largest absolute Gasteiger partial charge is 0.392 e. The Hall–Kier alpha value is -2.31. The molecule has 0 aliphatic heterocycles. The van der Waals surface area contributed by atoms with Crippen molar-refractivity contribution in [3.63, 3.8) is 0 Å². The van der Waals surface area contributed by atoms with Crippen LogP contribution < -0.4 is 4.90 Å². The van der Waals surface area contributed by atoms with Gasteiger partial charge in [-0.15, -0.1) is 0 Å². The van der Waals surface area contributed by atoms with Gasteiger partial charge in [-0.1, -0.05) is 23.8 Å². The normalized spacial score (nSPS) is 10.2. The van der Waals surface area contributed by atoms with Crippen LogP contribution in [0.3, 0.4) is 0 Å². The summed E-state index contributed by atoms with van der Waals surface area (Å²) in [6.07, 6.45) is 0. The Kier molecular flexibility index (Phi) is 4.07. The number of nitrogens with zero attached hydrogens (tertiary/aromatic N) is 2. The predicted octanol–water partition coefficient (Wildman–Crippen LogP) is 3.44. The first-order chi connectivity index (χ1) is 9.56. The zero-order valence-corrected chi connectivity index (χ0v) is 12.0. The molecule has 2 rings (SSSR count). The highest BCUT2D eigenvalue weighted by atomic mass is 16.3. The maximum Gasteiger partial charge on any atom is 0.101 e. The van der Waals surface area contributed by atoms with E-state index in [2.05, 4.69) is 38.1 Å². The maximum absolute atomic E-state index is 9.29. The van der Waals surface area contributed by atoms with Crippen molar-refractivity contribution in [3.05, 3.63) is 58.7 Å². The van der Waals surface area contributed by atoms with Gasteiger partial charge in [-0.3, -0.25) is 0 Å². The van der Waals surface area contributed by atoms with Gasteiger partial charge in [0.25, 0.3) is 0 Å².